The summed E-state index contributed by atoms with van der Waals surface area (Å²) in [4.78, 5) is 16.0. The summed E-state index contributed by atoms with van der Waals surface area (Å²) >= 11 is 1.56. The quantitative estimate of drug-likeness (QED) is 0.714. The lowest BCUT2D eigenvalue weighted by Gasteiger charge is -2.05. The van der Waals surface area contributed by atoms with E-state index in [1.54, 1.807) is 11.8 Å². The summed E-state index contributed by atoms with van der Waals surface area (Å²) in [6, 6.07) is 10.2. The lowest BCUT2D eigenvalue weighted by Crippen LogP contribution is -2.02. The molecule has 0 saturated carbocycles. The number of fused-ring (bicyclic) bond motifs is 1. The van der Waals surface area contributed by atoms with Crippen LogP contribution in [0.3, 0.4) is 0 Å². The van der Waals surface area contributed by atoms with Crippen LogP contribution < -0.4 is 5.32 Å². The van der Waals surface area contributed by atoms with Crippen molar-refractivity contribution in [2.24, 2.45) is 0 Å². The van der Waals surface area contributed by atoms with E-state index in [0.29, 0.717) is 5.65 Å². The number of anilines is 1. The van der Waals surface area contributed by atoms with Crippen molar-refractivity contribution in [2.75, 3.05) is 11.6 Å². The van der Waals surface area contributed by atoms with E-state index in [1.807, 2.05) is 24.5 Å². The molecule has 0 aliphatic heterocycles. The second-order valence-electron chi connectivity index (χ2n) is 4.01. The molecule has 0 fully saturated rings. The topological polar surface area (TPSA) is 66.5 Å². The Hall–Kier alpha value is -2.08. The predicted octanol–water partition coefficient (Wildman–Crippen LogP) is 2.69. The molecule has 0 aliphatic carbocycles. The number of aromatic amines is 1. The number of imidazole rings is 1. The van der Waals surface area contributed by atoms with Gasteiger partial charge in [-0.1, -0.05) is 42.1 Å². The van der Waals surface area contributed by atoms with Gasteiger partial charge in [0.05, 0.1) is 0 Å². The number of thioether (sulfide) groups is 1. The maximum absolute atomic E-state index is 4.36. The second-order valence-corrected chi connectivity index (χ2v) is 4.80. The SMILES string of the molecule is CSc1nc2ncnc(NCc3ccccc3)c2[nH]1. The van der Waals surface area contributed by atoms with Gasteiger partial charge in [-0.05, 0) is 11.8 Å². The van der Waals surface area contributed by atoms with Crippen LogP contribution in [0.5, 0.6) is 0 Å². The molecule has 0 radical (unpaired) electrons. The molecule has 19 heavy (non-hydrogen) atoms. The summed E-state index contributed by atoms with van der Waals surface area (Å²) in [5, 5.41) is 4.16. The molecule has 3 aromatic rings. The van der Waals surface area contributed by atoms with Gasteiger partial charge in [-0.15, -0.1) is 0 Å². The number of nitrogens with zero attached hydrogens (tertiary/aromatic N) is 3. The van der Waals surface area contributed by atoms with Crippen LogP contribution in [-0.4, -0.2) is 26.2 Å². The van der Waals surface area contributed by atoms with E-state index in [0.717, 1.165) is 23.0 Å². The van der Waals surface area contributed by atoms with E-state index < -0.39 is 0 Å². The molecule has 1 aromatic carbocycles. The van der Waals surface area contributed by atoms with Crippen molar-refractivity contribution < 1.29 is 0 Å². The van der Waals surface area contributed by atoms with E-state index in [9.17, 15) is 0 Å². The van der Waals surface area contributed by atoms with Gasteiger partial charge in [0.2, 0.25) is 0 Å². The highest BCUT2D eigenvalue weighted by atomic mass is 32.2. The van der Waals surface area contributed by atoms with Gasteiger partial charge in [0.1, 0.15) is 11.8 Å². The van der Waals surface area contributed by atoms with Crippen molar-refractivity contribution in [3.05, 3.63) is 42.2 Å². The zero-order valence-electron chi connectivity index (χ0n) is 10.4. The predicted molar refractivity (Wildman–Crippen MR) is 77.2 cm³/mol. The number of benzene rings is 1. The highest BCUT2D eigenvalue weighted by Gasteiger charge is 2.08. The third-order valence-corrected chi connectivity index (χ3v) is 3.34. The van der Waals surface area contributed by atoms with E-state index in [-0.39, 0.29) is 0 Å². The van der Waals surface area contributed by atoms with Gasteiger partial charge in [0, 0.05) is 6.54 Å². The highest BCUT2D eigenvalue weighted by Crippen LogP contribution is 2.20. The Balaban J connectivity index is 1.86. The van der Waals surface area contributed by atoms with E-state index in [1.165, 1.54) is 11.9 Å². The van der Waals surface area contributed by atoms with Crippen LogP contribution in [0.2, 0.25) is 0 Å². The number of aromatic nitrogens is 4. The fraction of sp³-hybridized carbons (Fsp3) is 0.154. The Kier molecular flexibility index (Phi) is 3.33. The molecule has 0 atom stereocenters. The number of H-pyrrole nitrogens is 1. The Labute approximate surface area is 114 Å². The van der Waals surface area contributed by atoms with Gasteiger partial charge in [0.15, 0.2) is 16.6 Å². The van der Waals surface area contributed by atoms with Crippen molar-refractivity contribution in [3.63, 3.8) is 0 Å². The summed E-state index contributed by atoms with van der Waals surface area (Å²) in [7, 11) is 0. The maximum atomic E-state index is 4.36. The molecule has 5 nitrogen and oxygen atoms in total. The number of hydrogen-bond acceptors (Lipinski definition) is 5. The van der Waals surface area contributed by atoms with Gasteiger partial charge < -0.3 is 10.3 Å². The van der Waals surface area contributed by atoms with Crippen LogP contribution in [-0.2, 0) is 6.54 Å². The average Bonchev–Trinajstić information content (AvgIpc) is 2.90. The van der Waals surface area contributed by atoms with E-state index in [2.05, 4.69) is 37.4 Å². The first-order valence-electron chi connectivity index (χ1n) is 5.89. The molecule has 2 heterocycles. The molecule has 0 saturated heterocycles. The Bertz CT molecular complexity index is 680. The van der Waals surface area contributed by atoms with Gasteiger partial charge in [0.25, 0.3) is 0 Å². The third kappa shape index (κ3) is 2.53. The Morgan fingerprint density at radius 2 is 2.05 bits per heavy atom. The number of hydrogen-bond donors (Lipinski definition) is 2. The maximum Gasteiger partial charge on any atom is 0.183 e. The molecule has 6 heteroatoms. The van der Waals surface area contributed by atoms with Crippen molar-refractivity contribution in [3.8, 4) is 0 Å². The molecule has 2 aromatic heterocycles. The van der Waals surface area contributed by atoms with Gasteiger partial charge in [-0.2, -0.15) is 0 Å². The molecule has 0 unspecified atom stereocenters. The summed E-state index contributed by atoms with van der Waals surface area (Å²) in [5.41, 5.74) is 2.75. The summed E-state index contributed by atoms with van der Waals surface area (Å²) < 4.78 is 0. The number of rotatable bonds is 4. The van der Waals surface area contributed by atoms with Gasteiger partial charge in [-0.25, -0.2) is 15.0 Å². The summed E-state index contributed by atoms with van der Waals surface area (Å²) in [6.07, 6.45) is 3.50. The Morgan fingerprint density at radius 3 is 2.84 bits per heavy atom. The van der Waals surface area contributed by atoms with Crippen LogP contribution in [0, 0.1) is 0 Å². The van der Waals surface area contributed by atoms with Crippen LogP contribution in [0.15, 0.2) is 41.8 Å². The smallest absolute Gasteiger partial charge is 0.183 e. The highest BCUT2D eigenvalue weighted by molar-refractivity contribution is 7.98. The van der Waals surface area contributed by atoms with Crippen molar-refractivity contribution in [1.82, 2.24) is 19.9 Å². The molecule has 3 rings (SSSR count). The average molecular weight is 271 g/mol. The lowest BCUT2D eigenvalue weighted by atomic mass is 10.2. The van der Waals surface area contributed by atoms with Crippen LogP contribution >= 0.6 is 11.8 Å². The second kappa shape index (κ2) is 5.27. The van der Waals surface area contributed by atoms with Crippen LogP contribution in [0.4, 0.5) is 5.82 Å². The minimum absolute atomic E-state index is 0.690. The van der Waals surface area contributed by atoms with Crippen molar-refractivity contribution in [2.45, 2.75) is 11.7 Å². The molecular formula is C13H13N5S. The summed E-state index contributed by atoms with van der Waals surface area (Å²) in [5.74, 6) is 0.779. The van der Waals surface area contributed by atoms with E-state index >= 15 is 0 Å². The lowest BCUT2D eigenvalue weighted by molar-refractivity contribution is 1.08. The zero-order valence-corrected chi connectivity index (χ0v) is 11.2. The minimum atomic E-state index is 0.690. The summed E-state index contributed by atoms with van der Waals surface area (Å²) in [6.45, 7) is 0.723. The Morgan fingerprint density at radius 1 is 1.21 bits per heavy atom. The largest absolute Gasteiger partial charge is 0.364 e. The van der Waals surface area contributed by atoms with Crippen LogP contribution in [0.1, 0.15) is 5.56 Å². The monoisotopic (exact) mass is 271 g/mol. The molecule has 0 spiro atoms. The first-order valence-corrected chi connectivity index (χ1v) is 7.12. The van der Waals surface area contributed by atoms with Gasteiger partial charge >= 0.3 is 0 Å². The standard InChI is InChI=1S/C13H13N5S/c1-19-13-17-10-11(15-8-16-12(10)18-13)14-7-9-5-3-2-4-6-9/h2-6,8H,7H2,1H3,(H2,14,15,16,17,18). The zero-order chi connectivity index (χ0) is 13.1. The molecule has 0 aliphatic rings. The minimum Gasteiger partial charge on any atom is -0.364 e. The molecule has 96 valence electrons. The molecule has 0 bridgehead atoms. The number of nitrogens with one attached hydrogen (secondary N) is 2. The first-order chi connectivity index (χ1) is 9.36. The van der Waals surface area contributed by atoms with Crippen molar-refractivity contribution in [1.29, 1.82) is 0 Å². The van der Waals surface area contributed by atoms with Crippen molar-refractivity contribution >= 4 is 28.7 Å². The fourth-order valence-corrected chi connectivity index (χ4v) is 2.20. The molecular weight excluding hydrogens is 258 g/mol. The normalized spacial score (nSPS) is 10.8. The third-order valence-electron chi connectivity index (χ3n) is 2.76. The molecule has 0 amide bonds. The first kappa shape index (κ1) is 12.0. The van der Waals surface area contributed by atoms with Gasteiger partial charge in [-0.3, -0.25) is 0 Å². The fourth-order valence-electron chi connectivity index (χ4n) is 1.82. The molecule has 2 N–H and O–H groups in total. The van der Waals surface area contributed by atoms with Crippen LogP contribution in [0.25, 0.3) is 11.2 Å². The van der Waals surface area contributed by atoms with E-state index in [4.69, 9.17) is 0 Å².